The third-order valence-corrected chi connectivity index (χ3v) is 3.88. The molecule has 0 aliphatic carbocycles. The number of rotatable bonds is 9. The fraction of sp³-hybridized carbons (Fsp3) is 0.400. The summed E-state index contributed by atoms with van der Waals surface area (Å²) < 4.78 is 0. The zero-order valence-electron chi connectivity index (χ0n) is 13.5. The van der Waals surface area contributed by atoms with Crippen LogP contribution < -0.4 is 5.32 Å². The van der Waals surface area contributed by atoms with E-state index in [4.69, 9.17) is 0 Å². The number of anilines is 2. The second-order valence-corrected chi connectivity index (χ2v) is 5.90. The van der Waals surface area contributed by atoms with E-state index in [-0.39, 0.29) is 6.10 Å². The van der Waals surface area contributed by atoms with Crippen LogP contribution in [-0.4, -0.2) is 11.2 Å². The van der Waals surface area contributed by atoms with Gasteiger partial charge in [0.1, 0.15) is 0 Å². The molecule has 1 unspecified atom stereocenters. The minimum atomic E-state index is -0.218. The molecule has 2 heteroatoms. The van der Waals surface area contributed by atoms with Crippen molar-refractivity contribution in [2.75, 3.05) is 5.32 Å². The first kappa shape index (κ1) is 16.6. The third-order valence-electron chi connectivity index (χ3n) is 3.88. The molecule has 0 heterocycles. The second-order valence-electron chi connectivity index (χ2n) is 5.90. The van der Waals surface area contributed by atoms with Crippen LogP contribution in [0.3, 0.4) is 0 Å². The molecule has 0 spiro atoms. The summed E-state index contributed by atoms with van der Waals surface area (Å²) in [5.41, 5.74) is 3.36. The molecule has 0 saturated heterocycles. The van der Waals surface area contributed by atoms with Crippen molar-refractivity contribution in [1.82, 2.24) is 0 Å². The number of benzene rings is 2. The fourth-order valence-corrected chi connectivity index (χ4v) is 2.59. The largest absolute Gasteiger partial charge is 0.393 e. The van der Waals surface area contributed by atoms with Gasteiger partial charge in [-0.1, -0.05) is 62.9 Å². The van der Waals surface area contributed by atoms with Gasteiger partial charge in [0.2, 0.25) is 0 Å². The van der Waals surface area contributed by atoms with Gasteiger partial charge in [-0.3, -0.25) is 0 Å². The van der Waals surface area contributed by atoms with Gasteiger partial charge >= 0.3 is 0 Å². The monoisotopic (exact) mass is 297 g/mol. The highest BCUT2D eigenvalue weighted by Gasteiger charge is 2.05. The second kappa shape index (κ2) is 9.26. The molecule has 0 aliphatic rings. The average molecular weight is 297 g/mol. The van der Waals surface area contributed by atoms with Crippen LogP contribution in [0.1, 0.15) is 44.6 Å². The van der Waals surface area contributed by atoms with E-state index in [1.807, 2.05) is 30.3 Å². The zero-order chi connectivity index (χ0) is 15.6. The summed E-state index contributed by atoms with van der Waals surface area (Å²) >= 11 is 0. The maximum atomic E-state index is 10.1. The number of hydrogen-bond acceptors (Lipinski definition) is 2. The molecule has 2 rings (SSSR count). The van der Waals surface area contributed by atoms with Crippen molar-refractivity contribution in [3.63, 3.8) is 0 Å². The molecule has 1 atom stereocenters. The summed E-state index contributed by atoms with van der Waals surface area (Å²) in [6, 6.07) is 18.5. The first-order valence-corrected chi connectivity index (χ1v) is 8.37. The van der Waals surface area contributed by atoms with E-state index < -0.39 is 0 Å². The van der Waals surface area contributed by atoms with Crippen molar-refractivity contribution in [3.05, 3.63) is 60.2 Å². The molecule has 118 valence electrons. The van der Waals surface area contributed by atoms with Crippen molar-refractivity contribution in [1.29, 1.82) is 0 Å². The molecule has 0 saturated carbocycles. The van der Waals surface area contributed by atoms with Gasteiger partial charge in [-0.25, -0.2) is 0 Å². The molecule has 2 aromatic carbocycles. The van der Waals surface area contributed by atoms with Crippen LogP contribution in [0.25, 0.3) is 0 Å². The lowest BCUT2D eigenvalue weighted by atomic mass is 10.0. The number of hydrogen-bond donors (Lipinski definition) is 2. The van der Waals surface area contributed by atoms with Crippen LogP contribution in [-0.2, 0) is 6.42 Å². The summed E-state index contributed by atoms with van der Waals surface area (Å²) in [5.74, 6) is 0. The highest BCUT2D eigenvalue weighted by Crippen LogP contribution is 2.18. The Morgan fingerprint density at radius 1 is 0.864 bits per heavy atom. The Kier molecular flexibility index (Phi) is 6.98. The molecule has 2 aromatic rings. The van der Waals surface area contributed by atoms with Crippen LogP contribution in [0, 0.1) is 0 Å². The predicted molar refractivity (Wildman–Crippen MR) is 94.6 cm³/mol. The van der Waals surface area contributed by atoms with Crippen LogP contribution in [0.4, 0.5) is 11.4 Å². The van der Waals surface area contributed by atoms with Gasteiger partial charge in [0.15, 0.2) is 0 Å². The van der Waals surface area contributed by atoms with E-state index in [0.717, 1.165) is 30.6 Å². The maximum Gasteiger partial charge on any atom is 0.0580 e. The normalized spacial score (nSPS) is 12.1. The number of para-hydroxylation sites is 1. The van der Waals surface area contributed by atoms with Gasteiger partial charge in [-0.2, -0.15) is 0 Å². The van der Waals surface area contributed by atoms with Crippen molar-refractivity contribution in [3.8, 4) is 0 Å². The Balaban J connectivity index is 1.79. The lowest BCUT2D eigenvalue weighted by Gasteiger charge is -2.11. The zero-order valence-corrected chi connectivity index (χ0v) is 13.5. The number of unbranched alkanes of at least 4 members (excludes halogenated alkanes) is 3. The van der Waals surface area contributed by atoms with E-state index in [1.165, 1.54) is 24.8 Å². The van der Waals surface area contributed by atoms with E-state index in [2.05, 4.69) is 36.5 Å². The summed E-state index contributed by atoms with van der Waals surface area (Å²) in [7, 11) is 0. The van der Waals surface area contributed by atoms with Crippen LogP contribution in [0.5, 0.6) is 0 Å². The minimum Gasteiger partial charge on any atom is -0.393 e. The number of nitrogens with one attached hydrogen (secondary N) is 1. The molecule has 0 aromatic heterocycles. The molecule has 0 bridgehead atoms. The lowest BCUT2D eigenvalue weighted by molar-refractivity contribution is 0.161. The molecule has 0 amide bonds. The van der Waals surface area contributed by atoms with E-state index in [1.54, 1.807) is 0 Å². The standard InChI is InChI=1S/C20H27NO/c1-2-3-4-8-11-20(22)16-17-12-14-19(15-13-17)21-18-9-6-5-7-10-18/h5-7,9-10,12-15,20-22H,2-4,8,11,16H2,1H3. The Morgan fingerprint density at radius 3 is 2.23 bits per heavy atom. The van der Waals surface area contributed by atoms with E-state index in [9.17, 15) is 5.11 Å². The van der Waals surface area contributed by atoms with Gasteiger partial charge in [0.05, 0.1) is 6.10 Å². The fourth-order valence-electron chi connectivity index (χ4n) is 2.59. The van der Waals surface area contributed by atoms with Crippen molar-refractivity contribution in [2.24, 2.45) is 0 Å². The van der Waals surface area contributed by atoms with Crippen LogP contribution in [0.15, 0.2) is 54.6 Å². The Bertz CT molecular complexity index is 521. The van der Waals surface area contributed by atoms with E-state index in [0.29, 0.717) is 0 Å². The SMILES string of the molecule is CCCCCCC(O)Cc1ccc(Nc2ccccc2)cc1. The van der Waals surface area contributed by atoms with Crippen molar-refractivity contribution in [2.45, 2.75) is 51.6 Å². The number of aliphatic hydroxyl groups is 1. The first-order valence-electron chi connectivity index (χ1n) is 8.37. The molecule has 2 N–H and O–H groups in total. The smallest absolute Gasteiger partial charge is 0.0580 e. The quantitative estimate of drug-likeness (QED) is 0.615. The van der Waals surface area contributed by atoms with Gasteiger partial charge in [-0.05, 0) is 42.7 Å². The summed E-state index contributed by atoms with van der Waals surface area (Å²) in [6.07, 6.45) is 6.31. The van der Waals surface area contributed by atoms with Gasteiger partial charge in [0.25, 0.3) is 0 Å². The highest BCUT2D eigenvalue weighted by atomic mass is 16.3. The Morgan fingerprint density at radius 2 is 1.55 bits per heavy atom. The summed E-state index contributed by atoms with van der Waals surface area (Å²) in [5, 5.41) is 13.5. The maximum absolute atomic E-state index is 10.1. The topological polar surface area (TPSA) is 32.3 Å². The molecule has 0 aliphatic heterocycles. The van der Waals surface area contributed by atoms with Gasteiger partial charge in [0, 0.05) is 11.4 Å². The lowest BCUT2D eigenvalue weighted by Crippen LogP contribution is -2.10. The molecular formula is C20H27NO. The predicted octanol–water partition coefficient (Wildman–Crippen LogP) is 5.30. The highest BCUT2D eigenvalue weighted by molar-refractivity contribution is 5.59. The van der Waals surface area contributed by atoms with Gasteiger partial charge < -0.3 is 10.4 Å². The van der Waals surface area contributed by atoms with Crippen LogP contribution in [0.2, 0.25) is 0 Å². The summed E-state index contributed by atoms with van der Waals surface area (Å²) in [6.45, 7) is 2.21. The van der Waals surface area contributed by atoms with Crippen molar-refractivity contribution >= 4 is 11.4 Å². The Labute approximate surface area is 134 Å². The Hall–Kier alpha value is -1.80. The van der Waals surface area contributed by atoms with Crippen LogP contribution >= 0.6 is 0 Å². The summed E-state index contributed by atoms with van der Waals surface area (Å²) in [4.78, 5) is 0. The molecule has 0 radical (unpaired) electrons. The first-order chi connectivity index (χ1) is 10.8. The molecule has 0 fully saturated rings. The molecule has 22 heavy (non-hydrogen) atoms. The third kappa shape index (κ3) is 5.90. The average Bonchev–Trinajstić information content (AvgIpc) is 2.54. The van der Waals surface area contributed by atoms with Gasteiger partial charge in [-0.15, -0.1) is 0 Å². The minimum absolute atomic E-state index is 0.218. The molecule has 2 nitrogen and oxygen atoms in total. The van der Waals surface area contributed by atoms with Crippen molar-refractivity contribution < 1.29 is 5.11 Å². The van der Waals surface area contributed by atoms with E-state index >= 15 is 0 Å². The number of aliphatic hydroxyl groups excluding tert-OH is 1. The molecular weight excluding hydrogens is 270 g/mol.